The van der Waals surface area contributed by atoms with Crippen LogP contribution in [0.2, 0.25) is 0 Å². The molecule has 2 aromatic rings. The van der Waals surface area contributed by atoms with Gasteiger partial charge in [0.25, 0.3) is 0 Å². The Morgan fingerprint density at radius 3 is 2.24 bits per heavy atom. The van der Waals surface area contributed by atoms with Crippen molar-refractivity contribution in [3.8, 4) is 0 Å². The molecule has 0 radical (unpaired) electrons. The van der Waals surface area contributed by atoms with Crippen LogP contribution in [0, 0.1) is 0 Å². The van der Waals surface area contributed by atoms with Crippen LogP contribution in [0.25, 0.3) is 0 Å². The van der Waals surface area contributed by atoms with E-state index in [1.54, 1.807) is 6.07 Å². The van der Waals surface area contributed by atoms with Gasteiger partial charge in [-0.1, -0.05) is 18.2 Å². The molecule has 0 atom stereocenters. The van der Waals surface area contributed by atoms with Crippen molar-refractivity contribution in [1.29, 1.82) is 0 Å². The first-order chi connectivity index (χ1) is 13.5. The second-order valence-electron chi connectivity index (χ2n) is 6.75. The third-order valence-corrected chi connectivity index (χ3v) is 4.61. The molecular formula is C18H18F6N4O. The summed E-state index contributed by atoms with van der Waals surface area (Å²) in [6.45, 7) is 1.60. The van der Waals surface area contributed by atoms with Crippen molar-refractivity contribution in [2.75, 3.05) is 26.2 Å². The number of alkyl halides is 6. The number of carbonyl (C=O) groups is 1. The molecule has 0 N–H and O–H groups in total. The topological polar surface area (TPSA) is 41.4 Å². The molecule has 3 rings (SSSR count). The van der Waals surface area contributed by atoms with Crippen LogP contribution in [-0.4, -0.2) is 51.7 Å². The highest BCUT2D eigenvalue weighted by atomic mass is 19.4. The summed E-state index contributed by atoms with van der Waals surface area (Å²) in [7, 11) is 0. The Hall–Kier alpha value is -2.56. The first-order valence-corrected chi connectivity index (χ1v) is 8.79. The Morgan fingerprint density at radius 2 is 1.66 bits per heavy atom. The van der Waals surface area contributed by atoms with E-state index in [9.17, 15) is 31.1 Å². The summed E-state index contributed by atoms with van der Waals surface area (Å²) >= 11 is 0. The average molecular weight is 420 g/mol. The predicted octanol–water partition coefficient (Wildman–Crippen LogP) is 3.27. The van der Waals surface area contributed by atoms with Crippen molar-refractivity contribution in [3.63, 3.8) is 0 Å². The largest absolute Gasteiger partial charge is 0.435 e. The molecule has 0 saturated carbocycles. The maximum absolute atomic E-state index is 12.8. The lowest BCUT2D eigenvalue weighted by Gasteiger charge is -2.34. The zero-order valence-electron chi connectivity index (χ0n) is 15.2. The lowest BCUT2D eigenvalue weighted by molar-refractivity contribution is -0.142. The number of rotatable bonds is 4. The number of amides is 1. The molecule has 11 heteroatoms. The normalized spacial score (nSPS) is 16.3. The lowest BCUT2D eigenvalue weighted by atomic mass is 10.1. The number of piperazine rings is 1. The Morgan fingerprint density at radius 1 is 0.966 bits per heavy atom. The molecule has 0 spiro atoms. The quantitative estimate of drug-likeness (QED) is 0.714. The zero-order valence-corrected chi connectivity index (χ0v) is 15.2. The van der Waals surface area contributed by atoms with Crippen LogP contribution in [0.15, 0.2) is 36.5 Å². The van der Waals surface area contributed by atoms with E-state index in [0.717, 1.165) is 29.1 Å². The lowest BCUT2D eigenvalue weighted by Crippen LogP contribution is -2.49. The fourth-order valence-corrected chi connectivity index (χ4v) is 3.10. The number of aromatic nitrogens is 2. The van der Waals surface area contributed by atoms with Crippen molar-refractivity contribution < 1.29 is 31.1 Å². The molecule has 2 heterocycles. The number of nitrogens with zero attached hydrogens (tertiary/aromatic N) is 4. The SMILES string of the molecule is O=C(Cn1ccc(C(F)(F)F)n1)N1CCN(Cc2cccc(C(F)(F)F)c2)CC1. The monoisotopic (exact) mass is 420 g/mol. The second kappa shape index (κ2) is 8.05. The summed E-state index contributed by atoms with van der Waals surface area (Å²) in [6, 6.07) is 5.90. The van der Waals surface area contributed by atoms with Gasteiger partial charge in [-0.3, -0.25) is 14.4 Å². The number of hydrogen-bond donors (Lipinski definition) is 0. The summed E-state index contributed by atoms with van der Waals surface area (Å²) in [6.07, 6.45) is -7.87. The molecule has 1 amide bonds. The molecular weight excluding hydrogens is 402 g/mol. The Balaban J connectivity index is 1.51. The summed E-state index contributed by atoms with van der Waals surface area (Å²) < 4.78 is 77.1. The molecule has 29 heavy (non-hydrogen) atoms. The van der Waals surface area contributed by atoms with Gasteiger partial charge in [-0.2, -0.15) is 31.4 Å². The fraction of sp³-hybridized carbons (Fsp3) is 0.444. The van der Waals surface area contributed by atoms with Gasteiger partial charge in [0.2, 0.25) is 5.91 Å². The van der Waals surface area contributed by atoms with E-state index in [4.69, 9.17) is 0 Å². The second-order valence-corrected chi connectivity index (χ2v) is 6.75. The minimum absolute atomic E-state index is 0.302. The fourth-order valence-electron chi connectivity index (χ4n) is 3.10. The molecule has 0 bridgehead atoms. The van der Waals surface area contributed by atoms with Crippen molar-refractivity contribution in [2.24, 2.45) is 0 Å². The first kappa shape index (κ1) is 21.2. The number of halogens is 6. The summed E-state index contributed by atoms with van der Waals surface area (Å²) in [5.41, 5.74) is -1.24. The molecule has 5 nitrogen and oxygen atoms in total. The van der Waals surface area contributed by atoms with E-state index in [-0.39, 0.29) is 12.5 Å². The Kier molecular flexibility index (Phi) is 5.87. The van der Waals surface area contributed by atoms with Gasteiger partial charge in [0.05, 0.1) is 5.56 Å². The highest BCUT2D eigenvalue weighted by Crippen LogP contribution is 2.30. The van der Waals surface area contributed by atoms with Crippen LogP contribution in [0.5, 0.6) is 0 Å². The highest BCUT2D eigenvalue weighted by molar-refractivity contribution is 5.76. The van der Waals surface area contributed by atoms with Crippen LogP contribution in [0.3, 0.4) is 0 Å². The average Bonchev–Trinajstić information content (AvgIpc) is 3.11. The maximum atomic E-state index is 12.8. The number of carbonyl (C=O) groups excluding carboxylic acids is 1. The van der Waals surface area contributed by atoms with Crippen LogP contribution in [0.1, 0.15) is 16.8 Å². The van der Waals surface area contributed by atoms with Crippen LogP contribution < -0.4 is 0 Å². The van der Waals surface area contributed by atoms with Gasteiger partial charge >= 0.3 is 12.4 Å². The summed E-state index contributed by atoms with van der Waals surface area (Å²) in [5, 5.41) is 3.36. The van der Waals surface area contributed by atoms with Gasteiger partial charge in [0.1, 0.15) is 6.54 Å². The third-order valence-electron chi connectivity index (χ3n) is 4.61. The van der Waals surface area contributed by atoms with Gasteiger partial charge in [0.15, 0.2) is 5.69 Å². The van der Waals surface area contributed by atoms with Gasteiger partial charge in [-0.05, 0) is 17.7 Å². The Labute approximate surface area is 162 Å². The van der Waals surface area contributed by atoms with E-state index in [0.29, 0.717) is 38.3 Å². The maximum Gasteiger partial charge on any atom is 0.435 e. The van der Waals surface area contributed by atoms with Gasteiger partial charge < -0.3 is 4.90 Å². The Bertz CT molecular complexity index is 853. The van der Waals surface area contributed by atoms with Crippen molar-refractivity contribution in [3.05, 3.63) is 53.3 Å². The zero-order chi connectivity index (χ0) is 21.2. The molecule has 158 valence electrons. The minimum Gasteiger partial charge on any atom is -0.339 e. The smallest absolute Gasteiger partial charge is 0.339 e. The van der Waals surface area contributed by atoms with E-state index < -0.39 is 23.6 Å². The van der Waals surface area contributed by atoms with Crippen LogP contribution >= 0.6 is 0 Å². The van der Waals surface area contributed by atoms with Gasteiger partial charge in [-0.25, -0.2) is 0 Å². The van der Waals surface area contributed by atoms with E-state index in [1.165, 1.54) is 11.0 Å². The van der Waals surface area contributed by atoms with E-state index in [2.05, 4.69) is 5.10 Å². The standard InChI is InChI=1S/C18H18F6N4O/c19-17(20,21)14-3-1-2-13(10-14)11-26-6-8-27(9-7-26)16(29)12-28-5-4-15(25-28)18(22,23)24/h1-5,10H,6-9,11-12H2. The molecule has 1 aliphatic rings. The van der Waals surface area contributed by atoms with E-state index in [1.807, 2.05) is 4.90 Å². The summed E-state index contributed by atoms with van der Waals surface area (Å²) in [4.78, 5) is 15.7. The van der Waals surface area contributed by atoms with Crippen LogP contribution in [0.4, 0.5) is 26.3 Å². The molecule has 1 aromatic heterocycles. The van der Waals surface area contributed by atoms with Gasteiger partial charge in [0, 0.05) is 38.9 Å². The highest BCUT2D eigenvalue weighted by Gasteiger charge is 2.34. The third kappa shape index (κ3) is 5.49. The van der Waals surface area contributed by atoms with Crippen molar-refractivity contribution >= 4 is 5.91 Å². The molecule has 1 saturated heterocycles. The van der Waals surface area contributed by atoms with Crippen molar-refractivity contribution in [2.45, 2.75) is 25.4 Å². The molecule has 1 aliphatic heterocycles. The molecule has 0 aliphatic carbocycles. The van der Waals surface area contributed by atoms with Crippen molar-refractivity contribution in [1.82, 2.24) is 19.6 Å². The van der Waals surface area contributed by atoms with E-state index >= 15 is 0 Å². The minimum atomic E-state index is -4.57. The predicted molar refractivity (Wildman–Crippen MR) is 90.5 cm³/mol. The number of benzene rings is 1. The molecule has 1 aromatic carbocycles. The molecule has 1 fully saturated rings. The van der Waals surface area contributed by atoms with Gasteiger partial charge in [-0.15, -0.1) is 0 Å². The first-order valence-electron chi connectivity index (χ1n) is 8.79. The van der Waals surface area contributed by atoms with Crippen LogP contribution in [-0.2, 0) is 30.2 Å². The molecule has 0 unspecified atom stereocenters. The number of hydrogen-bond acceptors (Lipinski definition) is 3. The summed E-state index contributed by atoms with van der Waals surface area (Å²) in [5.74, 6) is -0.361.